The minimum absolute atomic E-state index is 0.648. The summed E-state index contributed by atoms with van der Waals surface area (Å²) in [7, 11) is 0. The Bertz CT molecular complexity index is 463. The minimum Gasteiger partial charge on any atom is -0.382 e. The highest BCUT2D eigenvalue weighted by Gasteiger charge is 2.32. The second kappa shape index (κ2) is 6.83. The molecule has 2 N–H and O–H groups in total. The van der Waals surface area contributed by atoms with Gasteiger partial charge in [-0.05, 0) is 69.2 Å². The number of anilines is 1. The van der Waals surface area contributed by atoms with Crippen molar-refractivity contribution in [2.24, 2.45) is 5.92 Å². The summed E-state index contributed by atoms with van der Waals surface area (Å²) < 4.78 is 0. The van der Waals surface area contributed by atoms with Gasteiger partial charge in [-0.25, -0.2) is 0 Å². The fourth-order valence-electron chi connectivity index (χ4n) is 4.17. The molecule has 3 rings (SSSR count). The molecule has 0 radical (unpaired) electrons. The number of rotatable bonds is 3. The molecule has 0 bridgehead atoms. The molecule has 2 fully saturated rings. The van der Waals surface area contributed by atoms with Gasteiger partial charge in [-0.15, -0.1) is 0 Å². The minimum atomic E-state index is 0.648. The molecule has 1 aromatic carbocycles. The van der Waals surface area contributed by atoms with Crippen molar-refractivity contribution < 1.29 is 0 Å². The Labute approximate surface area is 129 Å². The molecular formula is C19H30N2. The zero-order chi connectivity index (χ0) is 14.7. The average molecular weight is 286 g/mol. The first-order valence-electron chi connectivity index (χ1n) is 8.82. The van der Waals surface area contributed by atoms with Gasteiger partial charge in [-0.3, -0.25) is 0 Å². The monoisotopic (exact) mass is 286 g/mol. The molecule has 1 heterocycles. The van der Waals surface area contributed by atoms with E-state index in [1.807, 2.05) is 0 Å². The quantitative estimate of drug-likeness (QED) is 0.859. The van der Waals surface area contributed by atoms with Crippen LogP contribution in [0.3, 0.4) is 0 Å². The SMILES string of the molecule is Cc1cccc(NC2CCCCC2C2CCCCN2)c1C. The zero-order valence-corrected chi connectivity index (χ0v) is 13.6. The molecule has 3 unspecified atom stereocenters. The van der Waals surface area contributed by atoms with Crippen LogP contribution in [-0.4, -0.2) is 18.6 Å². The Balaban J connectivity index is 1.73. The Morgan fingerprint density at radius 3 is 2.62 bits per heavy atom. The lowest BCUT2D eigenvalue weighted by molar-refractivity contribution is 0.217. The highest BCUT2D eigenvalue weighted by molar-refractivity contribution is 5.54. The van der Waals surface area contributed by atoms with Crippen LogP contribution in [0, 0.1) is 19.8 Å². The zero-order valence-electron chi connectivity index (χ0n) is 13.6. The van der Waals surface area contributed by atoms with E-state index >= 15 is 0 Å². The first-order chi connectivity index (χ1) is 10.3. The molecular weight excluding hydrogens is 256 g/mol. The first kappa shape index (κ1) is 14.9. The van der Waals surface area contributed by atoms with Crippen LogP contribution in [-0.2, 0) is 0 Å². The number of hydrogen-bond acceptors (Lipinski definition) is 2. The van der Waals surface area contributed by atoms with E-state index in [1.165, 1.54) is 68.3 Å². The molecule has 0 amide bonds. The molecule has 1 aliphatic carbocycles. The van der Waals surface area contributed by atoms with E-state index in [0.29, 0.717) is 6.04 Å². The van der Waals surface area contributed by atoms with E-state index in [1.54, 1.807) is 0 Å². The molecule has 2 nitrogen and oxygen atoms in total. The van der Waals surface area contributed by atoms with Gasteiger partial charge < -0.3 is 10.6 Å². The van der Waals surface area contributed by atoms with Gasteiger partial charge in [0.15, 0.2) is 0 Å². The smallest absolute Gasteiger partial charge is 0.0374 e. The van der Waals surface area contributed by atoms with Gasteiger partial charge in [0.25, 0.3) is 0 Å². The van der Waals surface area contributed by atoms with Gasteiger partial charge in [-0.1, -0.05) is 31.4 Å². The summed E-state index contributed by atoms with van der Waals surface area (Å²) in [5.74, 6) is 0.805. The van der Waals surface area contributed by atoms with E-state index < -0.39 is 0 Å². The molecule has 0 aromatic heterocycles. The number of piperidine rings is 1. The van der Waals surface area contributed by atoms with Crippen LogP contribution in [0.4, 0.5) is 5.69 Å². The molecule has 0 spiro atoms. The van der Waals surface area contributed by atoms with E-state index in [4.69, 9.17) is 0 Å². The number of benzene rings is 1. The second-order valence-electron chi connectivity index (χ2n) is 7.00. The molecule has 2 heteroatoms. The Morgan fingerprint density at radius 2 is 1.81 bits per heavy atom. The van der Waals surface area contributed by atoms with Gasteiger partial charge in [0.05, 0.1) is 0 Å². The highest BCUT2D eigenvalue weighted by atomic mass is 15.0. The molecule has 21 heavy (non-hydrogen) atoms. The third-order valence-electron chi connectivity index (χ3n) is 5.63. The maximum Gasteiger partial charge on any atom is 0.0374 e. The summed E-state index contributed by atoms with van der Waals surface area (Å²) in [6, 6.07) is 8.03. The maximum atomic E-state index is 3.90. The summed E-state index contributed by atoms with van der Waals surface area (Å²) in [4.78, 5) is 0. The predicted octanol–water partition coefficient (Wildman–Crippen LogP) is 4.42. The fraction of sp³-hybridized carbons (Fsp3) is 0.684. The molecule has 1 saturated heterocycles. The van der Waals surface area contributed by atoms with Crippen molar-refractivity contribution in [2.45, 2.75) is 70.9 Å². The van der Waals surface area contributed by atoms with Crippen molar-refractivity contribution in [1.82, 2.24) is 5.32 Å². The summed E-state index contributed by atoms with van der Waals surface area (Å²) in [5.41, 5.74) is 4.16. The molecule has 1 saturated carbocycles. The van der Waals surface area contributed by atoms with Crippen LogP contribution < -0.4 is 10.6 Å². The number of aryl methyl sites for hydroxylation is 1. The molecule has 1 aliphatic heterocycles. The molecule has 2 aliphatic rings. The molecule has 116 valence electrons. The van der Waals surface area contributed by atoms with Crippen LogP contribution in [0.2, 0.25) is 0 Å². The maximum absolute atomic E-state index is 3.90. The number of nitrogens with one attached hydrogen (secondary N) is 2. The van der Waals surface area contributed by atoms with Crippen molar-refractivity contribution in [3.05, 3.63) is 29.3 Å². The van der Waals surface area contributed by atoms with Gasteiger partial charge in [-0.2, -0.15) is 0 Å². The highest BCUT2D eigenvalue weighted by Crippen LogP contribution is 2.33. The summed E-state index contributed by atoms with van der Waals surface area (Å²) in [6.07, 6.45) is 9.65. The van der Waals surface area contributed by atoms with Crippen molar-refractivity contribution in [3.63, 3.8) is 0 Å². The standard InChI is InChI=1S/C19H30N2/c1-14-8-7-12-17(15(14)2)21-19-11-4-3-9-16(19)18-10-5-6-13-20-18/h7-8,12,16,18-21H,3-6,9-11,13H2,1-2H3. The van der Waals surface area contributed by atoms with Crippen LogP contribution >= 0.6 is 0 Å². The summed E-state index contributed by atoms with van der Waals surface area (Å²) in [5, 5.41) is 7.69. The van der Waals surface area contributed by atoms with Gasteiger partial charge in [0.1, 0.15) is 0 Å². The fourth-order valence-corrected chi connectivity index (χ4v) is 4.17. The van der Waals surface area contributed by atoms with Crippen LogP contribution in [0.15, 0.2) is 18.2 Å². The first-order valence-corrected chi connectivity index (χ1v) is 8.82. The largest absolute Gasteiger partial charge is 0.382 e. The summed E-state index contributed by atoms with van der Waals surface area (Å²) >= 11 is 0. The molecule has 1 aromatic rings. The van der Waals surface area contributed by atoms with Crippen LogP contribution in [0.25, 0.3) is 0 Å². The third kappa shape index (κ3) is 3.42. The molecule has 3 atom stereocenters. The lowest BCUT2D eigenvalue weighted by atomic mass is 9.77. The van der Waals surface area contributed by atoms with E-state index in [9.17, 15) is 0 Å². The van der Waals surface area contributed by atoms with E-state index in [-0.39, 0.29) is 0 Å². The van der Waals surface area contributed by atoms with Crippen molar-refractivity contribution >= 4 is 5.69 Å². The van der Waals surface area contributed by atoms with E-state index in [0.717, 1.165) is 12.0 Å². The van der Waals surface area contributed by atoms with Gasteiger partial charge >= 0.3 is 0 Å². The Morgan fingerprint density at radius 1 is 1.00 bits per heavy atom. The van der Waals surface area contributed by atoms with Crippen molar-refractivity contribution in [1.29, 1.82) is 0 Å². The van der Waals surface area contributed by atoms with Crippen LogP contribution in [0.1, 0.15) is 56.1 Å². The average Bonchev–Trinajstić information content (AvgIpc) is 2.53. The van der Waals surface area contributed by atoms with E-state index in [2.05, 4.69) is 42.7 Å². The second-order valence-corrected chi connectivity index (χ2v) is 7.00. The van der Waals surface area contributed by atoms with Gasteiger partial charge in [0, 0.05) is 17.8 Å². The van der Waals surface area contributed by atoms with Crippen molar-refractivity contribution in [3.8, 4) is 0 Å². The number of hydrogen-bond donors (Lipinski definition) is 2. The van der Waals surface area contributed by atoms with Crippen LogP contribution in [0.5, 0.6) is 0 Å². The third-order valence-corrected chi connectivity index (χ3v) is 5.63. The predicted molar refractivity (Wildman–Crippen MR) is 90.9 cm³/mol. The normalized spacial score (nSPS) is 30.1. The Kier molecular flexibility index (Phi) is 4.84. The topological polar surface area (TPSA) is 24.1 Å². The lowest BCUT2D eigenvalue weighted by Gasteiger charge is -2.40. The van der Waals surface area contributed by atoms with Gasteiger partial charge in [0.2, 0.25) is 0 Å². The summed E-state index contributed by atoms with van der Waals surface area (Å²) in [6.45, 7) is 5.67. The Hall–Kier alpha value is -1.02. The lowest BCUT2D eigenvalue weighted by Crippen LogP contribution is -2.48. The van der Waals surface area contributed by atoms with Crippen molar-refractivity contribution in [2.75, 3.05) is 11.9 Å².